The molecule has 0 aliphatic rings. The summed E-state index contributed by atoms with van der Waals surface area (Å²) in [5.41, 5.74) is -0.433. The van der Waals surface area contributed by atoms with Crippen LogP contribution < -0.4 is 21.3 Å². The number of aliphatic hydroxyl groups excluding tert-OH is 1. The van der Waals surface area contributed by atoms with E-state index in [0.717, 1.165) is 12.1 Å². The third-order valence-corrected chi connectivity index (χ3v) is 5.71. The van der Waals surface area contributed by atoms with Crippen LogP contribution in [0, 0.1) is 11.6 Å². The van der Waals surface area contributed by atoms with Gasteiger partial charge in [0.1, 0.15) is 29.3 Å². The largest absolute Gasteiger partial charge is 0.444 e. The predicted octanol–water partition coefficient (Wildman–Crippen LogP) is 2.03. The number of amides is 4. The van der Waals surface area contributed by atoms with Crippen LogP contribution >= 0.6 is 0 Å². The molecule has 2 aromatic rings. The minimum Gasteiger partial charge on any atom is -0.444 e. The summed E-state index contributed by atoms with van der Waals surface area (Å²) < 4.78 is 42.9. The number of alkyl carbamates (subject to hydrolysis) is 1. The fraction of sp³-hybridized carbons (Fsp3) is 0.467. The lowest BCUT2D eigenvalue weighted by Gasteiger charge is -2.22. The number of hydrogen-bond acceptors (Lipinski definition) is 8. The molecule has 14 heteroatoms. The first kappa shape index (κ1) is 36.1. The van der Waals surface area contributed by atoms with Gasteiger partial charge in [0.05, 0.1) is 26.4 Å². The van der Waals surface area contributed by atoms with Crippen molar-refractivity contribution >= 4 is 23.8 Å². The zero-order chi connectivity index (χ0) is 32.7. The maximum atomic E-state index is 13.5. The molecule has 0 bridgehead atoms. The third kappa shape index (κ3) is 13.4. The van der Waals surface area contributed by atoms with Crippen molar-refractivity contribution < 1.29 is 47.3 Å². The highest BCUT2D eigenvalue weighted by Crippen LogP contribution is 2.17. The molecule has 0 fully saturated rings. The van der Waals surface area contributed by atoms with E-state index < -0.39 is 59.2 Å². The number of benzene rings is 2. The summed E-state index contributed by atoms with van der Waals surface area (Å²) in [5, 5.41) is 20.3. The molecule has 0 heterocycles. The van der Waals surface area contributed by atoms with Gasteiger partial charge in [-0.15, -0.1) is 0 Å². The van der Waals surface area contributed by atoms with Crippen LogP contribution in [0.3, 0.4) is 0 Å². The van der Waals surface area contributed by atoms with Crippen LogP contribution in [0.4, 0.5) is 13.6 Å². The Labute approximate surface area is 254 Å². The number of carbonyl (C=O) groups excluding carboxylic acids is 4. The van der Waals surface area contributed by atoms with Gasteiger partial charge in [0.15, 0.2) is 6.10 Å². The van der Waals surface area contributed by atoms with E-state index in [1.54, 1.807) is 51.1 Å². The van der Waals surface area contributed by atoms with Gasteiger partial charge < -0.3 is 40.6 Å². The van der Waals surface area contributed by atoms with Gasteiger partial charge >= 0.3 is 6.09 Å². The number of hydrogen-bond donors (Lipinski definition) is 5. The Kier molecular flexibility index (Phi) is 14.6. The van der Waals surface area contributed by atoms with E-state index in [1.165, 1.54) is 6.92 Å². The smallest absolute Gasteiger partial charge is 0.407 e. The fourth-order valence-electron chi connectivity index (χ4n) is 3.67. The van der Waals surface area contributed by atoms with E-state index in [4.69, 9.17) is 14.2 Å². The lowest BCUT2D eigenvalue weighted by atomic mass is 10.1. The van der Waals surface area contributed by atoms with E-state index in [-0.39, 0.29) is 45.1 Å². The Morgan fingerprint density at radius 1 is 0.773 bits per heavy atom. The van der Waals surface area contributed by atoms with E-state index in [2.05, 4.69) is 21.3 Å². The van der Waals surface area contributed by atoms with Gasteiger partial charge in [0.25, 0.3) is 5.91 Å². The average molecular weight is 623 g/mol. The number of ether oxygens (including phenoxy) is 3. The van der Waals surface area contributed by atoms with Gasteiger partial charge in [-0.3, -0.25) is 14.4 Å². The summed E-state index contributed by atoms with van der Waals surface area (Å²) in [5.74, 6) is -4.28. The molecule has 12 nitrogen and oxygen atoms in total. The molecule has 1 unspecified atom stereocenters. The Bertz CT molecular complexity index is 1220. The minimum atomic E-state index is -1.93. The molecule has 4 amide bonds. The van der Waals surface area contributed by atoms with Crippen molar-refractivity contribution in [1.29, 1.82) is 0 Å². The molecule has 2 rings (SSSR count). The van der Waals surface area contributed by atoms with Gasteiger partial charge in [0.2, 0.25) is 11.8 Å². The summed E-state index contributed by atoms with van der Waals surface area (Å²) in [6.07, 6.45) is -2.46. The van der Waals surface area contributed by atoms with E-state index in [0.29, 0.717) is 11.6 Å². The van der Waals surface area contributed by atoms with Crippen molar-refractivity contribution in [3.05, 3.63) is 71.3 Å². The second-order valence-corrected chi connectivity index (χ2v) is 10.6. The number of rotatable bonds is 16. The lowest BCUT2D eigenvalue weighted by molar-refractivity contribution is -0.135. The van der Waals surface area contributed by atoms with Crippen LogP contribution in [0.15, 0.2) is 48.5 Å². The molecule has 0 saturated carbocycles. The first-order chi connectivity index (χ1) is 20.8. The van der Waals surface area contributed by atoms with Crippen LogP contribution in [0.25, 0.3) is 0 Å². The molecular weight excluding hydrogens is 582 g/mol. The van der Waals surface area contributed by atoms with Gasteiger partial charge in [0, 0.05) is 19.2 Å². The molecule has 0 radical (unpaired) electrons. The molecular formula is C30H40F2N4O8. The zero-order valence-electron chi connectivity index (χ0n) is 25.2. The number of halogens is 2. The van der Waals surface area contributed by atoms with Crippen molar-refractivity contribution in [1.82, 2.24) is 21.3 Å². The van der Waals surface area contributed by atoms with Crippen molar-refractivity contribution in [3.63, 3.8) is 0 Å². The van der Waals surface area contributed by atoms with Crippen LogP contribution in [-0.4, -0.2) is 80.1 Å². The lowest BCUT2D eigenvalue weighted by Crippen LogP contribution is -2.50. The van der Waals surface area contributed by atoms with Crippen LogP contribution in [0.5, 0.6) is 0 Å². The molecule has 3 atom stereocenters. The fourth-order valence-corrected chi connectivity index (χ4v) is 3.67. The number of aliphatic hydroxyl groups is 1. The standard InChI is InChI=1S/C30H40F2N4O8/c1-19(35-28(40)25(37)21-16-22(31)18-23(32)17-21)26(38)36-24(20-8-6-5-7-9-20)27(39)33-10-12-42-14-15-43-13-11-34-29(41)44-30(2,3)4/h5-9,16-19,24-25,37H,10-15H2,1-4H3,(H,33,39)(H,34,41)(H,35,40)(H,36,38)/t19-,24-,25?/m0/s1. The Hall–Kier alpha value is -4.14. The average Bonchev–Trinajstić information content (AvgIpc) is 2.95. The number of nitrogens with one attached hydrogen (secondary N) is 4. The zero-order valence-corrected chi connectivity index (χ0v) is 25.2. The van der Waals surface area contributed by atoms with Crippen LogP contribution in [0.1, 0.15) is 51.0 Å². The summed E-state index contributed by atoms with van der Waals surface area (Å²) in [4.78, 5) is 49.9. The van der Waals surface area contributed by atoms with Gasteiger partial charge in [-0.2, -0.15) is 0 Å². The van der Waals surface area contributed by atoms with Crippen molar-refractivity contribution in [2.45, 2.75) is 51.5 Å². The SMILES string of the molecule is C[C@H](NC(=O)C(O)c1cc(F)cc(F)c1)C(=O)N[C@H](C(=O)NCCOCCOCCNC(=O)OC(C)(C)C)c1ccccc1. The number of carbonyl (C=O) groups is 4. The Morgan fingerprint density at radius 2 is 1.34 bits per heavy atom. The molecule has 0 spiro atoms. The molecule has 44 heavy (non-hydrogen) atoms. The quantitative estimate of drug-likeness (QED) is 0.178. The second-order valence-electron chi connectivity index (χ2n) is 10.6. The Balaban J connectivity index is 1.78. The summed E-state index contributed by atoms with van der Waals surface area (Å²) in [6.45, 7) is 7.95. The highest BCUT2D eigenvalue weighted by atomic mass is 19.1. The molecule has 0 aromatic heterocycles. The maximum absolute atomic E-state index is 13.5. The van der Waals surface area contributed by atoms with E-state index in [1.807, 2.05) is 0 Å². The van der Waals surface area contributed by atoms with Crippen molar-refractivity contribution in [3.8, 4) is 0 Å². The molecule has 5 N–H and O–H groups in total. The summed E-state index contributed by atoms with van der Waals surface area (Å²) in [7, 11) is 0. The normalized spacial score (nSPS) is 13.2. The first-order valence-electron chi connectivity index (χ1n) is 14.0. The second kappa shape index (κ2) is 17.9. The summed E-state index contributed by atoms with van der Waals surface area (Å²) in [6, 6.07) is 8.27. The Morgan fingerprint density at radius 3 is 1.91 bits per heavy atom. The highest BCUT2D eigenvalue weighted by Gasteiger charge is 2.27. The topological polar surface area (TPSA) is 164 Å². The van der Waals surface area contributed by atoms with Gasteiger partial charge in [-0.05, 0) is 51.0 Å². The highest BCUT2D eigenvalue weighted by molar-refractivity contribution is 5.93. The summed E-state index contributed by atoms with van der Waals surface area (Å²) >= 11 is 0. The minimum absolute atomic E-state index is 0.126. The molecule has 2 aromatic carbocycles. The van der Waals surface area contributed by atoms with Crippen LogP contribution in [0.2, 0.25) is 0 Å². The first-order valence-corrected chi connectivity index (χ1v) is 14.0. The van der Waals surface area contributed by atoms with E-state index in [9.17, 15) is 33.1 Å². The van der Waals surface area contributed by atoms with Crippen LogP contribution in [-0.2, 0) is 28.6 Å². The predicted molar refractivity (Wildman–Crippen MR) is 155 cm³/mol. The van der Waals surface area contributed by atoms with Gasteiger partial charge in [-0.1, -0.05) is 30.3 Å². The molecule has 0 aliphatic carbocycles. The van der Waals surface area contributed by atoms with Crippen molar-refractivity contribution in [2.75, 3.05) is 39.5 Å². The van der Waals surface area contributed by atoms with Gasteiger partial charge in [-0.25, -0.2) is 13.6 Å². The maximum Gasteiger partial charge on any atom is 0.407 e. The molecule has 0 aliphatic heterocycles. The van der Waals surface area contributed by atoms with E-state index >= 15 is 0 Å². The molecule has 242 valence electrons. The monoisotopic (exact) mass is 622 g/mol. The third-order valence-electron chi connectivity index (χ3n) is 5.71. The molecule has 0 saturated heterocycles. The van der Waals surface area contributed by atoms with Crippen molar-refractivity contribution in [2.24, 2.45) is 0 Å².